The highest BCUT2D eigenvalue weighted by atomic mass is 16.3. The number of aliphatic hydroxyl groups excluding tert-OH is 2. The summed E-state index contributed by atoms with van der Waals surface area (Å²) in [6, 6.07) is 0. The van der Waals surface area contributed by atoms with Gasteiger partial charge in [-0.25, -0.2) is 0 Å². The van der Waals surface area contributed by atoms with Crippen molar-refractivity contribution in [1.82, 2.24) is 0 Å². The van der Waals surface area contributed by atoms with Crippen molar-refractivity contribution in [2.24, 2.45) is 46.3 Å². The molecule has 4 fully saturated rings. The summed E-state index contributed by atoms with van der Waals surface area (Å²) in [5, 5.41) is 19.4. The Morgan fingerprint density at radius 3 is 2.42 bits per heavy atom. The molecule has 9 atom stereocenters. The van der Waals surface area contributed by atoms with E-state index in [0.717, 1.165) is 54.8 Å². The van der Waals surface area contributed by atoms with Crippen LogP contribution in [-0.2, 0) is 0 Å². The first-order valence-electron chi connectivity index (χ1n) is 11.7. The van der Waals surface area contributed by atoms with Crippen molar-refractivity contribution in [3.05, 3.63) is 0 Å². The van der Waals surface area contributed by atoms with Crippen LogP contribution in [0.25, 0.3) is 0 Å². The maximum Gasteiger partial charge on any atom is 0.0543 e. The van der Waals surface area contributed by atoms with E-state index in [1.54, 1.807) is 0 Å². The molecule has 150 valence electrons. The summed E-state index contributed by atoms with van der Waals surface area (Å²) in [5.41, 5.74) is 1.05. The maximum absolute atomic E-state index is 10.2. The predicted molar refractivity (Wildman–Crippen MR) is 107 cm³/mol. The van der Waals surface area contributed by atoms with Crippen LogP contribution < -0.4 is 0 Å². The molecule has 4 aliphatic rings. The molecule has 4 aliphatic carbocycles. The number of hydrogen-bond donors (Lipinski definition) is 2. The fraction of sp³-hybridized carbons (Fsp3) is 1.00. The Morgan fingerprint density at radius 1 is 0.923 bits per heavy atom. The van der Waals surface area contributed by atoms with E-state index < -0.39 is 0 Å². The second-order valence-electron chi connectivity index (χ2n) is 11.2. The van der Waals surface area contributed by atoms with Crippen molar-refractivity contribution in [2.45, 2.75) is 97.5 Å². The van der Waals surface area contributed by atoms with Gasteiger partial charge in [-0.2, -0.15) is 0 Å². The summed E-state index contributed by atoms with van der Waals surface area (Å²) >= 11 is 0. The number of rotatable bonds is 4. The van der Waals surface area contributed by atoms with Gasteiger partial charge in [-0.3, -0.25) is 0 Å². The molecule has 0 aliphatic heterocycles. The second-order valence-corrected chi connectivity index (χ2v) is 11.2. The standard InChI is InChI=1S/C24H42O2/c1-16(5-4-14-25)20-8-9-21-19-7-6-17-15-18(26)10-12-23(17,2)22(19)11-13-24(20,21)3/h16-22,25-26H,4-15H2,1-3H3/t16-,17?,18-,19?,20-,21+,22+,23?,24?/m1/s1. The summed E-state index contributed by atoms with van der Waals surface area (Å²) in [4.78, 5) is 0. The average Bonchev–Trinajstić information content (AvgIpc) is 2.97. The van der Waals surface area contributed by atoms with Gasteiger partial charge in [-0.1, -0.05) is 20.8 Å². The monoisotopic (exact) mass is 362 g/mol. The fourth-order valence-electron chi connectivity index (χ4n) is 8.83. The molecule has 2 nitrogen and oxygen atoms in total. The number of aliphatic hydroxyl groups is 2. The first kappa shape index (κ1) is 19.2. The normalized spacial score (nSPS) is 52.0. The van der Waals surface area contributed by atoms with Crippen LogP contribution in [0.2, 0.25) is 0 Å². The molecule has 2 N–H and O–H groups in total. The molecule has 0 aromatic heterocycles. The van der Waals surface area contributed by atoms with Crippen molar-refractivity contribution in [2.75, 3.05) is 6.61 Å². The summed E-state index contributed by atoms with van der Waals surface area (Å²) in [7, 11) is 0. The highest BCUT2D eigenvalue weighted by Crippen LogP contribution is 2.68. The van der Waals surface area contributed by atoms with Crippen molar-refractivity contribution in [3.63, 3.8) is 0 Å². The number of hydrogen-bond acceptors (Lipinski definition) is 2. The Balaban J connectivity index is 1.52. The molecule has 4 unspecified atom stereocenters. The molecule has 4 saturated carbocycles. The minimum atomic E-state index is -0.0262. The lowest BCUT2D eigenvalue weighted by atomic mass is 9.44. The van der Waals surface area contributed by atoms with Gasteiger partial charge in [-0.15, -0.1) is 0 Å². The van der Waals surface area contributed by atoms with Crippen molar-refractivity contribution >= 4 is 0 Å². The summed E-state index contributed by atoms with van der Waals surface area (Å²) in [5.74, 6) is 5.22. The average molecular weight is 363 g/mol. The van der Waals surface area contributed by atoms with Gasteiger partial charge in [0.2, 0.25) is 0 Å². The molecule has 0 bridgehead atoms. The van der Waals surface area contributed by atoms with E-state index in [1.807, 2.05) is 0 Å². The van der Waals surface area contributed by atoms with Crippen LogP contribution in [0.1, 0.15) is 91.4 Å². The van der Waals surface area contributed by atoms with Crippen molar-refractivity contribution in [3.8, 4) is 0 Å². The minimum absolute atomic E-state index is 0.0262. The zero-order valence-corrected chi connectivity index (χ0v) is 17.4. The third-order valence-corrected chi connectivity index (χ3v) is 10.2. The Kier molecular flexibility index (Phi) is 5.23. The Bertz CT molecular complexity index is 504. The molecule has 0 amide bonds. The third kappa shape index (κ3) is 2.89. The van der Waals surface area contributed by atoms with Crippen LogP contribution in [-0.4, -0.2) is 22.9 Å². The molecule has 0 heterocycles. The lowest BCUT2D eigenvalue weighted by Gasteiger charge is -2.61. The van der Waals surface area contributed by atoms with Gasteiger partial charge >= 0.3 is 0 Å². The van der Waals surface area contributed by atoms with Crippen LogP contribution in [0, 0.1) is 46.3 Å². The van der Waals surface area contributed by atoms with E-state index in [1.165, 1.54) is 51.4 Å². The van der Waals surface area contributed by atoms with E-state index in [9.17, 15) is 10.2 Å². The van der Waals surface area contributed by atoms with E-state index in [2.05, 4.69) is 20.8 Å². The quantitative estimate of drug-likeness (QED) is 0.701. The molecule has 26 heavy (non-hydrogen) atoms. The lowest BCUT2D eigenvalue weighted by Crippen LogP contribution is -2.54. The Hall–Kier alpha value is -0.0800. The van der Waals surface area contributed by atoms with E-state index >= 15 is 0 Å². The molecule has 2 heteroatoms. The summed E-state index contributed by atoms with van der Waals surface area (Å²) < 4.78 is 0. The van der Waals surface area contributed by atoms with Crippen LogP contribution in [0.4, 0.5) is 0 Å². The van der Waals surface area contributed by atoms with E-state index in [4.69, 9.17) is 0 Å². The molecule has 0 aromatic rings. The van der Waals surface area contributed by atoms with Crippen molar-refractivity contribution in [1.29, 1.82) is 0 Å². The van der Waals surface area contributed by atoms with Gasteiger partial charge in [-0.05, 0) is 117 Å². The predicted octanol–water partition coefficient (Wildman–Crippen LogP) is 5.41. The molecule has 0 spiro atoms. The topological polar surface area (TPSA) is 40.5 Å². The van der Waals surface area contributed by atoms with Gasteiger partial charge < -0.3 is 10.2 Å². The van der Waals surface area contributed by atoms with Crippen LogP contribution in [0.15, 0.2) is 0 Å². The highest BCUT2D eigenvalue weighted by molar-refractivity contribution is 5.09. The van der Waals surface area contributed by atoms with E-state index in [-0.39, 0.29) is 6.10 Å². The van der Waals surface area contributed by atoms with Gasteiger partial charge in [0.05, 0.1) is 6.10 Å². The molecular weight excluding hydrogens is 320 g/mol. The van der Waals surface area contributed by atoms with Crippen molar-refractivity contribution < 1.29 is 10.2 Å². The second kappa shape index (κ2) is 7.07. The molecule has 0 radical (unpaired) electrons. The molecule has 0 aromatic carbocycles. The third-order valence-electron chi connectivity index (χ3n) is 10.2. The van der Waals surface area contributed by atoms with Crippen LogP contribution in [0.5, 0.6) is 0 Å². The van der Waals surface area contributed by atoms with Gasteiger partial charge in [0.25, 0.3) is 0 Å². The largest absolute Gasteiger partial charge is 0.396 e. The molecular formula is C24H42O2. The zero-order chi connectivity index (χ0) is 18.5. The smallest absolute Gasteiger partial charge is 0.0543 e. The maximum atomic E-state index is 10.2. The first-order valence-corrected chi connectivity index (χ1v) is 11.7. The first-order chi connectivity index (χ1) is 12.4. The van der Waals surface area contributed by atoms with Crippen LogP contribution in [0.3, 0.4) is 0 Å². The summed E-state index contributed by atoms with van der Waals surface area (Å²) in [6.45, 7) is 8.05. The van der Waals surface area contributed by atoms with E-state index in [0.29, 0.717) is 17.4 Å². The molecule has 0 saturated heterocycles. The minimum Gasteiger partial charge on any atom is -0.396 e. The molecule has 4 rings (SSSR count). The Morgan fingerprint density at radius 2 is 1.65 bits per heavy atom. The lowest BCUT2D eigenvalue weighted by molar-refractivity contribution is -0.129. The SMILES string of the molecule is C[C@H](CCCO)[C@H]1CC[C@H]2C3CCC4C[C@H](O)CCC4(C)[C@H]3CCC12C. The Labute approximate surface area is 161 Å². The number of fused-ring (bicyclic) bond motifs is 5. The van der Waals surface area contributed by atoms with Gasteiger partial charge in [0.1, 0.15) is 0 Å². The summed E-state index contributed by atoms with van der Waals surface area (Å²) in [6.07, 6.45) is 14.1. The fourth-order valence-corrected chi connectivity index (χ4v) is 8.83. The van der Waals surface area contributed by atoms with Gasteiger partial charge in [0, 0.05) is 6.61 Å². The van der Waals surface area contributed by atoms with Crippen LogP contribution >= 0.6 is 0 Å². The van der Waals surface area contributed by atoms with Gasteiger partial charge in [0.15, 0.2) is 0 Å². The highest BCUT2D eigenvalue weighted by Gasteiger charge is 2.60. The zero-order valence-electron chi connectivity index (χ0n) is 17.4.